The molecule has 0 radical (unpaired) electrons. The van der Waals surface area contributed by atoms with Crippen molar-refractivity contribution in [3.63, 3.8) is 0 Å². The first-order valence-electron chi connectivity index (χ1n) is 14.7. The highest BCUT2D eigenvalue weighted by molar-refractivity contribution is 6.34. The minimum atomic E-state index is -4.95. The van der Waals surface area contributed by atoms with E-state index in [0.717, 1.165) is 17.0 Å². The molecule has 0 spiro atoms. The van der Waals surface area contributed by atoms with E-state index in [1.807, 2.05) is 0 Å². The van der Waals surface area contributed by atoms with Crippen molar-refractivity contribution in [2.24, 2.45) is 7.05 Å². The normalized spacial score (nSPS) is 15.7. The van der Waals surface area contributed by atoms with E-state index >= 15 is 0 Å². The van der Waals surface area contributed by atoms with Crippen molar-refractivity contribution in [3.05, 3.63) is 52.7 Å². The van der Waals surface area contributed by atoms with E-state index in [2.05, 4.69) is 20.7 Å². The Morgan fingerprint density at radius 2 is 1.78 bits per heavy atom. The molecule has 2 aromatic heterocycles. The maximum Gasteiger partial charge on any atom is 0.435 e. The Hall–Kier alpha value is -4.62. The molecule has 14 nitrogen and oxygen atoms in total. The number of β-amino-alcohol motifs (C(OH)–C–C–N with tert-alkyl or cyclic N) is 1. The first kappa shape index (κ1) is 37.2. The zero-order valence-corrected chi connectivity index (χ0v) is 26.6. The lowest BCUT2D eigenvalue weighted by Gasteiger charge is -2.39. The maximum atomic E-state index is 13.6. The van der Waals surface area contributed by atoms with Gasteiger partial charge in [0.25, 0.3) is 24.7 Å². The van der Waals surface area contributed by atoms with Gasteiger partial charge in [-0.15, -0.1) is 0 Å². The molecule has 0 bridgehead atoms. The summed E-state index contributed by atoms with van der Waals surface area (Å²) in [6, 6.07) is 4.19. The number of carboxylic acid groups (broad SMARTS) is 1. The summed E-state index contributed by atoms with van der Waals surface area (Å²) in [7, 11) is 1.29. The van der Waals surface area contributed by atoms with E-state index in [1.54, 1.807) is 9.80 Å². The topological polar surface area (TPSA) is 175 Å². The van der Waals surface area contributed by atoms with Gasteiger partial charge in [-0.05, 0) is 24.6 Å². The van der Waals surface area contributed by atoms with Gasteiger partial charge >= 0.3 is 6.18 Å². The molecule has 2 aliphatic rings. The van der Waals surface area contributed by atoms with Crippen LogP contribution in [0.1, 0.15) is 39.5 Å². The van der Waals surface area contributed by atoms with Crippen LogP contribution in [0.3, 0.4) is 0 Å². The Kier molecular flexibility index (Phi) is 11.6. The van der Waals surface area contributed by atoms with Gasteiger partial charge in [-0.1, -0.05) is 11.6 Å². The second-order valence-corrected chi connectivity index (χ2v) is 11.7. The lowest BCUT2D eigenvalue weighted by Crippen LogP contribution is -2.59. The summed E-state index contributed by atoms with van der Waals surface area (Å²) in [4.78, 5) is 54.2. The largest absolute Gasteiger partial charge is 0.483 e. The predicted octanol–water partition coefficient (Wildman–Crippen LogP) is 2.57. The van der Waals surface area contributed by atoms with Crippen LogP contribution in [0.4, 0.5) is 27.6 Å². The van der Waals surface area contributed by atoms with E-state index in [0.29, 0.717) is 37.3 Å². The average Bonchev–Trinajstić information content (AvgIpc) is 3.62. The molecule has 3 amide bonds. The summed E-state index contributed by atoms with van der Waals surface area (Å²) < 4.78 is 68.0. The van der Waals surface area contributed by atoms with Gasteiger partial charge in [0.1, 0.15) is 6.54 Å². The van der Waals surface area contributed by atoms with Crippen LogP contribution >= 0.6 is 11.6 Å². The average molecular weight is 719 g/mol. The van der Waals surface area contributed by atoms with Crippen LogP contribution in [0, 0.1) is 0 Å². The number of piperazine rings is 1. The number of carbonyl (C=O) groups excluding carboxylic acids is 3. The molecular weight excluding hydrogens is 687 g/mol. The summed E-state index contributed by atoms with van der Waals surface area (Å²) in [5.74, 6) is -1.55. The van der Waals surface area contributed by atoms with E-state index in [1.165, 1.54) is 25.2 Å². The minimum Gasteiger partial charge on any atom is -0.483 e. The van der Waals surface area contributed by atoms with Crippen LogP contribution in [0.2, 0.25) is 5.02 Å². The van der Waals surface area contributed by atoms with Gasteiger partial charge in [0.05, 0.1) is 33.6 Å². The number of amides is 3. The molecule has 0 unspecified atom stereocenters. The number of carbonyl (C=O) groups is 4. The number of alkyl halides is 5. The van der Waals surface area contributed by atoms with Gasteiger partial charge in [0, 0.05) is 64.6 Å². The number of rotatable bonds is 9. The van der Waals surface area contributed by atoms with E-state index in [9.17, 15) is 41.4 Å². The third kappa shape index (κ3) is 8.90. The quantitative estimate of drug-likeness (QED) is 0.192. The molecule has 4 heterocycles. The molecule has 4 N–H and O–H groups in total. The van der Waals surface area contributed by atoms with Crippen LogP contribution < -0.4 is 10.6 Å². The van der Waals surface area contributed by atoms with Crippen LogP contribution in [-0.4, -0.2) is 115 Å². The molecule has 49 heavy (non-hydrogen) atoms. The van der Waals surface area contributed by atoms with Crippen molar-refractivity contribution in [2.45, 2.75) is 37.6 Å². The smallest absolute Gasteiger partial charge is 0.435 e. The highest BCUT2D eigenvalue weighted by Gasteiger charge is 2.39. The zero-order valence-electron chi connectivity index (χ0n) is 25.9. The van der Waals surface area contributed by atoms with Crippen molar-refractivity contribution in [2.75, 3.05) is 44.6 Å². The van der Waals surface area contributed by atoms with Gasteiger partial charge in [-0.3, -0.25) is 23.9 Å². The van der Waals surface area contributed by atoms with E-state index in [-0.39, 0.29) is 65.6 Å². The van der Waals surface area contributed by atoms with E-state index < -0.39 is 41.9 Å². The third-order valence-electron chi connectivity index (χ3n) is 7.91. The molecule has 2 fully saturated rings. The summed E-state index contributed by atoms with van der Waals surface area (Å²) >= 11 is 6.39. The molecule has 3 aromatic rings. The molecule has 20 heteroatoms. The number of nitrogens with one attached hydrogen (secondary N) is 2. The highest BCUT2D eigenvalue weighted by Crippen LogP contribution is 2.36. The lowest BCUT2D eigenvalue weighted by atomic mass is 9.91. The van der Waals surface area contributed by atoms with Crippen molar-refractivity contribution in [1.29, 1.82) is 0 Å². The van der Waals surface area contributed by atoms with Gasteiger partial charge in [-0.25, -0.2) is 13.8 Å². The number of hydrogen-bond donors (Lipinski definition) is 4. The Morgan fingerprint density at radius 3 is 2.33 bits per heavy atom. The molecule has 2 aliphatic heterocycles. The fourth-order valence-electron chi connectivity index (χ4n) is 5.29. The number of aromatic nitrogens is 4. The van der Waals surface area contributed by atoms with Crippen LogP contribution in [0.15, 0.2) is 30.6 Å². The van der Waals surface area contributed by atoms with Crippen molar-refractivity contribution in [3.8, 4) is 11.3 Å². The molecule has 1 aromatic carbocycles. The monoisotopic (exact) mass is 718 g/mol. The molecular formula is C29H32ClF5N8O6. The Morgan fingerprint density at radius 1 is 1.14 bits per heavy atom. The second-order valence-electron chi connectivity index (χ2n) is 11.3. The van der Waals surface area contributed by atoms with Gasteiger partial charge in [0.2, 0.25) is 5.91 Å². The number of nitrogens with zero attached hydrogens (tertiary/aromatic N) is 6. The van der Waals surface area contributed by atoms with Crippen molar-refractivity contribution in [1.82, 2.24) is 34.4 Å². The highest BCUT2D eigenvalue weighted by atomic mass is 35.5. The van der Waals surface area contributed by atoms with Crippen LogP contribution in [0.25, 0.3) is 11.3 Å². The molecule has 0 aliphatic carbocycles. The molecule has 0 saturated carbocycles. The Balaban J connectivity index is 0.00000174. The molecule has 5 rings (SSSR count). The Bertz CT molecular complexity index is 1690. The number of benzene rings is 1. The SMILES string of the molecule is Cn1c(-c2cn(CC(F)F)nc2C(F)(F)F)cnc1C(=O)Nc1ccc(C(=O)N2CCN(C(=O)CCC3(O)CNC3)CC2)c(Cl)c1.O=CO. The van der Waals surface area contributed by atoms with Crippen molar-refractivity contribution >= 4 is 41.5 Å². The fourth-order valence-corrected chi connectivity index (χ4v) is 5.56. The number of aliphatic hydroxyl groups is 1. The summed E-state index contributed by atoms with van der Waals surface area (Å²) in [6.45, 7) is 0.845. The van der Waals surface area contributed by atoms with E-state index in [4.69, 9.17) is 21.5 Å². The minimum absolute atomic E-state index is 0.0328. The first-order valence-corrected chi connectivity index (χ1v) is 15.1. The molecule has 2 saturated heterocycles. The summed E-state index contributed by atoms with van der Waals surface area (Å²) in [6.07, 6.45) is -5.48. The maximum absolute atomic E-state index is 13.6. The number of anilines is 1. The predicted molar refractivity (Wildman–Crippen MR) is 163 cm³/mol. The Labute approximate surface area is 280 Å². The lowest BCUT2D eigenvalue weighted by molar-refractivity contribution is -0.141. The first-order chi connectivity index (χ1) is 23.1. The standard InChI is InChI=1S/C28H30ClF5N8O4.CH2O2/c1-39-20(18-12-42(13-21(30)31)38-23(18)28(32,33)34)11-36-24(39)25(44)37-16-2-3-17(19(29)10-16)26(45)41-8-6-40(7-9-41)22(43)4-5-27(46)14-35-15-27;2-1-3/h2-3,10-12,21,35,46H,4-9,13-15H2,1H3,(H,37,44);1H,(H,2,3). The van der Waals surface area contributed by atoms with Gasteiger partial charge in [-0.2, -0.15) is 18.3 Å². The number of halogens is 6. The van der Waals surface area contributed by atoms with Crippen LogP contribution in [-0.2, 0) is 29.4 Å². The third-order valence-corrected chi connectivity index (χ3v) is 8.22. The molecule has 266 valence electrons. The van der Waals surface area contributed by atoms with Gasteiger partial charge in [0.15, 0.2) is 11.5 Å². The summed E-state index contributed by atoms with van der Waals surface area (Å²) in [5.41, 5.74) is -2.60. The van der Waals surface area contributed by atoms with Crippen molar-refractivity contribution < 1.29 is 51.3 Å². The zero-order chi connectivity index (χ0) is 36.1. The molecule has 0 atom stereocenters. The summed E-state index contributed by atoms with van der Waals surface area (Å²) in [5, 5.41) is 25.9. The number of hydrogen-bond acceptors (Lipinski definition) is 8. The number of imidazole rings is 1. The van der Waals surface area contributed by atoms with Crippen LogP contribution in [0.5, 0.6) is 0 Å². The van der Waals surface area contributed by atoms with Gasteiger partial charge < -0.3 is 35.2 Å². The second kappa shape index (κ2) is 15.3. The fraction of sp³-hybridized carbons (Fsp3) is 0.448.